The lowest BCUT2D eigenvalue weighted by molar-refractivity contribution is 0.0770. The van der Waals surface area contributed by atoms with E-state index in [0.29, 0.717) is 17.8 Å². The summed E-state index contributed by atoms with van der Waals surface area (Å²) in [5, 5.41) is 10.8. The van der Waals surface area contributed by atoms with Crippen LogP contribution in [0, 0.1) is 0 Å². The first-order valence-corrected chi connectivity index (χ1v) is 5.67. The molecule has 3 nitrogen and oxygen atoms in total. The van der Waals surface area contributed by atoms with Gasteiger partial charge in [-0.05, 0) is 18.1 Å². The first kappa shape index (κ1) is 11.6. The third kappa shape index (κ3) is 2.01. The summed E-state index contributed by atoms with van der Waals surface area (Å²) in [5.74, 6) is 0.376. The van der Waals surface area contributed by atoms with E-state index in [-0.39, 0.29) is 0 Å². The first-order valence-electron chi connectivity index (χ1n) is 5.67. The van der Waals surface area contributed by atoms with Crippen LogP contribution < -0.4 is 5.73 Å². The minimum absolute atomic E-state index is 0.376. The van der Waals surface area contributed by atoms with Crippen LogP contribution in [0.2, 0.25) is 0 Å². The number of nitrogens with two attached hydrogens (primary N) is 1. The molecule has 2 aromatic rings. The van der Waals surface area contributed by atoms with Crippen molar-refractivity contribution in [2.24, 2.45) is 0 Å². The van der Waals surface area contributed by atoms with Crippen molar-refractivity contribution >= 4 is 5.82 Å². The van der Waals surface area contributed by atoms with Gasteiger partial charge in [-0.2, -0.15) is 0 Å². The van der Waals surface area contributed by atoms with Gasteiger partial charge in [0.25, 0.3) is 0 Å². The quantitative estimate of drug-likeness (QED) is 0.847. The van der Waals surface area contributed by atoms with Crippen LogP contribution in [0.5, 0.6) is 0 Å². The summed E-state index contributed by atoms with van der Waals surface area (Å²) in [4.78, 5) is 4.04. The van der Waals surface area contributed by atoms with E-state index in [1.54, 1.807) is 12.3 Å². The number of aromatic nitrogens is 1. The third-order valence-corrected chi connectivity index (χ3v) is 3.05. The number of rotatable bonds is 3. The molecule has 0 amide bonds. The Labute approximate surface area is 101 Å². The van der Waals surface area contributed by atoms with E-state index in [1.165, 1.54) is 0 Å². The van der Waals surface area contributed by atoms with Crippen molar-refractivity contribution in [3.8, 4) is 0 Å². The summed E-state index contributed by atoms with van der Waals surface area (Å²) < 4.78 is 0. The number of benzene rings is 1. The van der Waals surface area contributed by atoms with Crippen molar-refractivity contribution in [1.82, 2.24) is 4.98 Å². The Morgan fingerprint density at radius 1 is 1.18 bits per heavy atom. The third-order valence-electron chi connectivity index (χ3n) is 3.05. The highest BCUT2D eigenvalue weighted by Gasteiger charge is 2.31. The lowest BCUT2D eigenvalue weighted by Crippen LogP contribution is -2.27. The highest BCUT2D eigenvalue weighted by molar-refractivity contribution is 5.48. The van der Waals surface area contributed by atoms with Crippen molar-refractivity contribution in [3.63, 3.8) is 0 Å². The van der Waals surface area contributed by atoms with Crippen LogP contribution in [-0.4, -0.2) is 10.1 Å². The molecule has 1 aromatic carbocycles. The number of nitrogen functional groups attached to an aromatic ring is 1. The largest absolute Gasteiger partial charge is 0.383 e. The lowest BCUT2D eigenvalue weighted by atomic mass is 9.84. The van der Waals surface area contributed by atoms with Crippen LogP contribution in [0.3, 0.4) is 0 Å². The maximum atomic E-state index is 10.8. The van der Waals surface area contributed by atoms with Crippen LogP contribution >= 0.6 is 0 Å². The van der Waals surface area contributed by atoms with Crippen LogP contribution in [-0.2, 0) is 5.60 Å². The van der Waals surface area contributed by atoms with E-state index >= 15 is 0 Å². The molecule has 1 atom stereocenters. The molecular weight excluding hydrogens is 212 g/mol. The van der Waals surface area contributed by atoms with Gasteiger partial charge in [0, 0.05) is 11.8 Å². The van der Waals surface area contributed by atoms with Crippen molar-refractivity contribution in [1.29, 1.82) is 0 Å². The molecule has 0 aliphatic heterocycles. The van der Waals surface area contributed by atoms with Gasteiger partial charge in [-0.3, -0.25) is 0 Å². The standard InChI is InChI=1S/C14H16N2O/c1-2-14(17,11-7-4-3-5-8-11)12-9-6-10-16-13(12)15/h3-10,17H,2H2,1H3,(H2,15,16). The normalized spacial score (nSPS) is 14.2. The van der Waals surface area contributed by atoms with Gasteiger partial charge in [-0.15, -0.1) is 0 Å². The molecule has 1 aromatic heterocycles. The summed E-state index contributed by atoms with van der Waals surface area (Å²) in [5.41, 5.74) is 6.27. The molecule has 0 aliphatic carbocycles. The van der Waals surface area contributed by atoms with Gasteiger partial charge in [0.1, 0.15) is 11.4 Å². The van der Waals surface area contributed by atoms with Crippen LogP contribution in [0.25, 0.3) is 0 Å². The highest BCUT2D eigenvalue weighted by Crippen LogP contribution is 2.34. The second kappa shape index (κ2) is 4.55. The molecule has 0 saturated carbocycles. The Kier molecular flexibility index (Phi) is 3.11. The zero-order valence-electron chi connectivity index (χ0n) is 9.80. The zero-order valence-corrected chi connectivity index (χ0v) is 9.80. The Balaban J connectivity index is 2.56. The Morgan fingerprint density at radius 3 is 2.47 bits per heavy atom. The lowest BCUT2D eigenvalue weighted by Gasteiger charge is -2.28. The number of aliphatic hydroxyl groups is 1. The van der Waals surface area contributed by atoms with Crippen LogP contribution in [0.1, 0.15) is 24.5 Å². The minimum Gasteiger partial charge on any atom is -0.383 e. The zero-order chi connectivity index (χ0) is 12.3. The fourth-order valence-electron chi connectivity index (χ4n) is 2.03. The summed E-state index contributed by atoms with van der Waals surface area (Å²) in [7, 11) is 0. The summed E-state index contributed by atoms with van der Waals surface area (Å²) in [6.07, 6.45) is 2.17. The minimum atomic E-state index is -1.07. The number of pyridine rings is 1. The number of anilines is 1. The summed E-state index contributed by atoms with van der Waals surface area (Å²) in [6, 6.07) is 13.1. The molecule has 0 fully saturated rings. The summed E-state index contributed by atoms with van der Waals surface area (Å²) >= 11 is 0. The maximum Gasteiger partial charge on any atom is 0.129 e. The molecule has 3 N–H and O–H groups in total. The van der Waals surface area contributed by atoms with Crippen LogP contribution in [0.15, 0.2) is 48.7 Å². The van der Waals surface area contributed by atoms with E-state index < -0.39 is 5.60 Å². The second-order valence-electron chi connectivity index (χ2n) is 4.02. The van der Waals surface area contributed by atoms with E-state index in [4.69, 9.17) is 5.73 Å². The van der Waals surface area contributed by atoms with Gasteiger partial charge >= 0.3 is 0 Å². The fourth-order valence-corrected chi connectivity index (χ4v) is 2.03. The smallest absolute Gasteiger partial charge is 0.129 e. The monoisotopic (exact) mass is 228 g/mol. The Morgan fingerprint density at radius 2 is 1.88 bits per heavy atom. The first-order chi connectivity index (χ1) is 8.18. The number of hydrogen-bond donors (Lipinski definition) is 2. The fraction of sp³-hybridized carbons (Fsp3) is 0.214. The molecule has 1 unspecified atom stereocenters. The van der Waals surface area contributed by atoms with Gasteiger partial charge in [0.2, 0.25) is 0 Å². The van der Waals surface area contributed by atoms with Crippen molar-refractivity contribution in [2.45, 2.75) is 18.9 Å². The van der Waals surface area contributed by atoms with Crippen molar-refractivity contribution in [3.05, 3.63) is 59.8 Å². The molecule has 0 radical (unpaired) electrons. The van der Waals surface area contributed by atoms with Crippen molar-refractivity contribution < 1.29 is 5.11 Å². The van der Waals surface area contributed by atoms with E-state index in [9.17, 15) is 5.11 Å². The molecule has 3 heteroatoms. The topological polar surface area (TPSA) is 59.1 Å². The predicted molar refractivity (Wildman–Crippen MR) is 68.4 cm³/mol. The summed E-state index contributed by atoms with van der Waals surface area (Å²) in [6.45, 7) is 1.93. The van der Waals surface area contributed by atoms with Crippen molar-refractivity contribution in [2.75, 3.05) is 5.73 Å². The molecule has 0 spiro atoms. The average molecular weight is 228 g/mol. The molecule has 0 bridgehead atoms. The molecule has 1 heterocycles. The Bertz CT molecular complexity index is 499. The van der Waals surface area contributed by atoms with Crippen LogP contribution in [0.4, 0.5) is 5.82 Å². The molecule has 0 saturated heterocycles. The van der Waals surface area contributed by atoms with Gasteiger partial charge in [-0.25, -0.2) is 4.98 Å². The predicted octanol–water partition coefficient (Wildman–Crippen LogP) is 2.31. The van der Waals surface area contributed by atoms with E-state index in [1.807, 2.05) is 43.3 Å². The number of hydrogen-bond acceptors (Lipinski definition) is 3. The van der Waals surface area contributed by atoms with Gasteiger partial charge < -0.3 is 10.8 Å². The SMILES string of the molecule is CCC(O)(c1ccccc1)c1cccnc1N. The van der Waals surface area contributed by atoms with Gasteiger partial charge in [0.05, 0.1) is 0 Å². The molecule has 88 valence electrons. The maximum absolute atomic E-state index is 10.8. The molecule has 17 heavy (non-hydrogen) atoms. The molecule has 0 aliphatic rings. The van der Waals surface area contributed by atoms with Gasteiger partial charge in [0.15, 0.2) is 0 Å². The molecular formula is C14H16N2O. The van der Waals surface area contributed by atoms with Gasteiger partial charge in [-0.1, -0.05) is 43.3 Å². The highest BCUT2D eigenvalue weighted by atomic mass is 16.3. The van der Waals surface area contributed by atoms with E-state index in [2.05, 4.69) is 4.98 Å². The van der Waals surface area contributed by atoms with E-state index in [0.717, 1.165) is 5.56 Å². The Hall–Kier alpha value is -1.87. The second-order valence-corrected chi connectivity index (χ2v) is 4.02. The number of nitrogens with zero attached hydrogens (tertiary/aromatic N) is 1. The average Bonchev–Trinajstić information content (AvgIpc) is 2.39. The molecule has 2 rings (SSSR count).